The minimum atomic E-state index is 0.481. The Morgan fingerprint density at radius 1 is 1.18 bits per heavy atom. The van der Waals surface area contributed by atoms with Gasteiger partial charge in [-0.05, 0) is 24.6 Å². The Morgan fingerprint density at radius 2 is 2.00 bits per heavy atom. The Bertz CT molecular complexity index is 1010. The van der Waals surface area contributed by atoms with Crippen LogP contribution >= 0.6 is 12.2 Å². The van der Waals surface area contributed by atoms with Crippen molar-refractivity contribution in [2.24, 2.45) is 5.16 Å². The van der Waals surface area contributed by atoms with E-state index in [1.165, 1.54) is 0 Å². The zero-order valence-corrected chi connectivity index (χ0v) is 16.2. The van der Waals surface area contributed by atoms with E-state index >= 15 is 0 Å². The van der Waals surface area contributed by atoms with Gasteiger partial charge in [-0.2, -0.15) is 5.26 Å². The van der Waals surface area contributed by atoms with Gasteiger partial charge in [-0.15, -0.1) is 0 Å². The third-order valence-electron chi connectivity index (χ3n) is 5.25. The molecule has 1 fully saturated rings. The van der Waals surface area contributed by atoms with Crippen LogP contribution in [-0.2, 0) is 0 Å². The molecule has 0 unspecified atom stereocenters. The number of benzene rings is 1. The summed E-state index contributed by atoms with van der Waals surface area (Å²) >= 11 is 5.26. The van der Waals surface area contributed by atoms with Crippen LogP contribution < -0.4 is 14.5 Å². The molecule has 0 amide bonds. The third-order valence-corrected chi connectivity index (χ3v) is 5.57. The minimum Gasteiger partial charge on any atom is -0.492 e. The molecule has 2 aliphatic rings. The molecule has 0 spiro atoms. The summed E-state index contributed by atoms with van der Waals surface area (Å²) in [5, 5.41) is 22.0. The number of anilines is 2. The predicted molar refractivity (Wildman–Crippen MR) is 110 cm³/mol. The zero-order valence-electron chi connectivity index (χ0n) is 15.4. The maximum absolute atomic E-state index is 9.47. The van der Waals surface area contributed by atoms with Crippen LogP contribution in [0.15, 0.2) is 35.6 Å². The Hall–Kier alpha value is -3.05. The third kappa shape index (κ3) is 3.41. The summed E-state index contributed by atoms with van der Waals surface area (Å²) in [4.78, 5) is 7.48. The number of nitrogens with zero attached hydrogens (tertiary/aromatic N) is 4. The van der Waals surface area contributed by atoms with Crippen LogP contribution in [0.4, 0.5) is 11.4 Å². The quantitative estimate of drug-likeness (QED) is 0.461. The van der Waals surface area contributed by atoms with Gasteiger partial charge in [-0.1, -0.05) is 17.4 Å². The maximum atomic E-state index is 9.47. The largest absolute Gasteiger partial charge is 0.492 e. The molecule has 2 aromatic rings. The fourth-order valence-electron chi connectivity index (χ4n) is 3.82. The summed E-state index contributed by atoms with van der Waals surface area (Å²) in [6.45, 7) is 3.93. The van der Waals surface area contributed by atoms with Crippen LogP contribution in [0.25, 0.3) is 0 Å². The monoisotopic (exact) mass is 395 g/mol. The summed E-state index contributed by atoms with van der Waals surface area (Å²) < 4.78 is 6.25. The van der Waals surface area contributed by atoms with Gasteiger partial charge < -0.3 is 24.7 Å². The van der Waals surface area contributed by atoms with E-state index in [1.54, 1.807) is 6.20 Å². The topological polar surface area (TPSA) is 87.9 Å². The molecule has 7 nitrogen and oxygen atoms in total. The van der Waals surface area contributed by atoms with Gasteiger partial charge in [-0.3, -0.25) is 0 Å². The van der Waals surface area contributed by atoms with Crippen molar-refractivity contribution < 1.29 is 9.94 Å². The minimum absolute atomic E-state index is 0.481. The number of aromatic amines is 1. The van der Waals surface area contributed by atoms with Crippen molar-refractivity contribution in [2.45, 2.75) is 12.8 Å². The molecule has 28 heavy (non-hydrogen) atoms. The van der Waals surface area contributed by atoms with Crippen molar-refractivity contribution in [3.63, 3.8) is 0 Å². The van der Waals surface area contributed by atoms with Gasteiger partial charge in [0.15, 0.2) is 0 Å². The summed E-state index contributed by atoms with van der Waals surface area (Å²) in [6, 6.07) is 10.2. The van der Waals surface area contributed by atoms with E-state index in [0.29, 0.717) is 28.9 Å². The molecule has 0 atom stereocenters. The molecular weight excluding hydrogens is 374 g/mol. The van der Waals surface area contributed by atoms with E-state index in [9.17, 15) is 10.5 Å². The lowest BCUT2D eigenvalue weighted by Gasteiger charge is -2.26. The molecule has 144 valence electrons. The molecule has 2 aliphatic heterocycles. The van der Waals surface area contributed by atoms with Crippen molar-refractivity contribution in [1.29, 1.82) is 5.26 Å². The maximum Gasteiger partial charge on any atom is 0.130 e. The lowest BCUT2D eigenvalue weighted by atomic mass is 10.0. The highest BCUT2D eigenvalue weighted by atomic mass is 32.1. The molecule has 0 radical (unpaired) electrons. The first kappa shape index (κ1) is 18.3. The normalized spacial score (nSPS) is 18.2. The second kappa shape index (κ2) is 7.90. The summed E-state index contributed by atoms with van der Waals surface area (Å²) in [7, 11) is 0. The molecule has 1 aromatic heterocycles. The lowest BCUT2D eigenvalue weighted by molar-refractivity contribution is 0.298. The number of hydrogen-bond donors (Lipinski definition) is 2. The standard InChI is InChI=1S/C20H21N5O2S/c21-13-16-18(4-6-22-20(16)28)25-8-1-7-24(9-10-25)14-2-3-15-17(23-26)5-11-27-19(15)12-14/h2-4,6,12,26H,1,5,7-11H2,(H,22,28). The van der Waals surface area contributed by atoms with Crippen molar-refractivity contribution in [3.8, 4) is 11.8 Å². The number of ether oxygens (including phenoxy) is 1. The van der Waals surface area contributed by atoms with Gasteiger partial charge >= 0.3 is 0 Å². The number of aromatic nitrogens is 1. The Balaban J connectivity index is 1.55. The number of nitrogens with one attached hydrogen (secondary N) is 1. The SMILES string of the molecule is N#Cc1c(N2CCCN(c3ccc4c(c3)OCCC4=NO)CC2)cc[nH]c1=S. The number of oxime groups is 1. The van der Waals surface area contributed by atoms with E-state index in [1.807, 2.05) is 24.3 Å². The second-order valence-corrected chi connectivity index (χ2v) is 7.24. The number of rotatable bonds is 2. The van der Waals surface area contributed by atoms with Crippen molar-refractivity contribution >= 4 is 29.3 Å². The van der Waals surface area contributed by atoms with Gasteiger partial charge in [0.1, 0.15) is 22.0 Å². The molecule has 3 heterocycles. The van der Waals surface area contributed by atoms with E-state index in [0.717, 1.165) is 55.3 Å². The van der Waals surface area contributed by atoms with Gasteiger partial charge in [0.25, 0.3) is 0 Å². The molecule has 8 heteroatoms. The molecule has 1 saturated heterocycles. The smallest absolute Gasteiger partial charge is 0.130 e. The van der Waals surface area contributed by atoms with E-state index in [4.69, 9.17) is 17.0 Å². The first-order valence-corrected chi connectivity index (χ1v) is 9.72. The van der Waals surface area contributed by atoms with E-state index in [2.05, 4.69) is 26.0 Å². The van der Waals surface area contributed by atoms with Crippen molar-refractivity contribution in [3.05, 3.63) is 46.2 Å². The van der Waals surface area contributed by atoms with Gasteiger partial charge in [0, 0.05) is 56.1 Å². The molecule has 0 bridgehead atoms. The number of hydrogen-bond acceptors (Lipinski definition) is 7. The van der Waals surface area contributed by atoms with Gasteiger partial charge in [0.2, 0.25) is 0 Å². The van der Waals surface area contributed by atoms with Crippen LogP contribution in [0.3, 0.4) is 0 Å². The number of fused-ring (bicyclic) bond motifs is 1. The number of H-pyrrole nitrogens is 1. The second-order valence-electron chi connectivity index (χ2n) is 6.83. The lowest BCUT2D eigenvalue weighted by Crippen LogP contribution is -2.31. The van der Waals surface area contributed by atoms with Crippen LogP contribution in [0.1, 0.15) is 24.0 Å². The van der Waals surface area contributed by atoms with Crippen molar-refractivity contribution in [2.75, 3.05) is 42.6 Å². The molecule has 2 N–H and O–H groups in total. The van der Waals surface area contributed by atoms with E-state index < -0.39 is 0 Å². The Labute approximate surface area is 168 Å². The first-order chi connectivity index (χ1) is 13.7. The molecule has 1 aromatic carbocycles. The van der Waals surface area contributed by atoms with Gasteiger partial charge in [-0.25, -0.2) is 0 Å². The van der Waals surface area contributed by atoms with Crippen LogP contribution in [0.2, 0.25) is 0 Å². The van der Waals surface area contributed by atoms with Crippen LogP contribution in [0.5, 0.6) is 5.75 Å². The highest BCUT2D eigenvalue weighted by Crippen LogP contribution is 2.31. The molecule has 0 aliphatic carbocycles. The molecule has 0 saturated carbocycles. The summed E-state index contributed by atoms with van der Waals surface area (Å²) in [5.41, 5.74) is 4.03. The fourth-order valence-corrected chi connectivity index (χ4v) is 4.04. The molecule has 4 rings (SSSR count). The average molecular weight is 395 g/mol. The zero-order chi connectivity index (χ0) is 19.5. The summed E-state index contributed by atoms with van der Waals surface area (Å²) in [5.74, 6) is 0.763. The van der Waals surface area contributed by atoms with Gasteiger partial charge in [0.05, 0.1) is 18.0 Å². The highest BCUT2D eigenvalue weighted by Gasteiger charge is 2.22. The Morgan fingerprint density at radius 3 is 2.82 bits per heavy atom. The Kier molecular flexibility index (Phi) is 5.17. The first-order valence-electron chi connectivity index (χ1n) is 9.31. The fraction of sp³-hybridized carbons (Fsp3) is 0.350. The molecular formula is C20H21N5O2S. The van der Waals surface area contributed by atoms with Crippen LogP contribution in [-0.4, -0.2) is 48.7 Å². The average Bonchev–Trinajstić information content (AvgIpc) is 2.99. The van der Waals surface area contributed by atoms with Crippen LogP contribution in [0, 0.1) is 16.0 Å². The number of nitriles is 1. The highest BCUT2D eigenvalue weighted by molar-refractivity contribution is 7.71. The number of pyridine rings is 1. The van der Waals surface area contributed by atoms with Crippen molar-refractivity contribution in [1.82, 2.24) is 4.98 Å². The van der Waals surface area contributed by atoms with E-state index in [-0.39, 0.29) is 0 Å². The predicted octanol–water partition coefficient (Wildman–Crippen LogP) is 3.29. The summed E-state index contributed by atoms with van der Waals surface area (Å²) in [6.07, 6.45) is 3.38.